The molecule has 0 spiro atoms. The zero-order valence-corrected chi connectivity index (χ0v) is 13.6. The summed E-state index contributed by atoms with van der Waals surface area (Å²) in [6.07, 6.45) is 0. The van der Waals surface area contributed by atoms with E-state index in [0.29, 0.717) is 0 Å². The summed E-state index contributed by atoms with van der Waals surface area (Å²) < 4.78 is 92.6. The van der Waals surface area contributed by atoms with Crippen LogP contribution in [0.15, 0.2) is 0 Å². The SMILES string of the molecule is O.O=S(O)O.O=S(O)O.O=S(O)O.O=S([O-])O.[Na+]. The topological polar surface area (TPSA) is 264 Å². The minimum atomic E-state index is -2.86. The van der Waals surface area contributed by atoms with Crippen molar-refractivity contribution < 1.29 is 88.3 Å². The third-order valence-electron chi connectivity index (χ3n) is 0. The Morgan fingerprint density at radius 1 is 0.611 bits per heavy atom. The normalized spacial score (nSPS) is 9.28. The van der Waals surface area contributed by atoms with Gasteiger partial charge in [-0.05, 0) is 0 Å². The molecule has 1 unspecified atom stereocenters. The minimum absolute atomic E-state index is 0. The van der Waals surface area contributed by atoms with Gasteiger partial charge in [-0.15, -0.1) is 0 Å². The number of hydrogen-bond acceptors (Lipinski definition) is 5. The Morgan fingerprint density at radius 3 is 0.611 bits per heavy atom. The molecule has 0 rings (SSSR count). The fraction of sp³-hybridized carbons (Fsp3) is 0. The van der Waals surface area contributed by atoms with E-state index in [1.165, 1.54) is 0 Å². The molecule has 0 aromatic carbocycles. The molecule has 18 heavy (non-hydrogen) atoms. The van der Waals surface area contributed by atoms with Gasteiger partial charge in [0.05, 0.1) is 11.4 Å². The van der Waals surface area contributed by atoms with Crippen LogP contribution in [0.1, 0.15) is 0 Å². The standard InChI is InChI=1S/Na.4H2O3S.H2O/c;4*1-4(2)3;/h;4*(H2,1,2,3);1H2/q+1;;;;;/p-1. The van der Waals surface area contributed by atoms with Crippen LogP contribution >= 0.6 is 0 Å². The van der Waals surface area contributed by atoms with Crippen LogP contribution in [0.2, 0.25) is 0 Å². The smallest absolute Gasteiger partial charge is 0.750 e. The Hall–Kier alpha value is 1.24. The van der Waals surface area contributed by atoms with Crippen molar-refractivity contribution in [2.75, 3.05) is 0 Å². The first-order valence-electron chi connectivity index (χ1n) is 2.11. The van der Waals surface area contributed by atoms with E-state index in [1.54, 1.807) is 0 Å². The summed E-state index contributed by atoms with van der Waals surface area (Å²) in [5.41, 5.74) is 0. The van der Waals surface area contributed by atoms with Gasteiger partial charge in [-0.1, -0.05) is 0 Å². The molecule has 0 radical (unpaired) electrons. The van der Waals surface area contributed by atoms with Crippen LogP contribution in [0.25, 0.3) is 0 Å². The molecule has 112 valence electrons. The molecule has 0 amide bonds. The van der Waals surface area contributed by atoms with E-state index in [-0.39, 0.29) is 35.0 Å². The zero-order chi connectivity index (χ0) is 14.3. The Balaban J connectivity index is -0.0000000257. The van der Waals surface area contributed by atoms with Gasteiger partial charge >= 0.3 is 29.6 Å². The van der Waals surface area contributed by atoms with Gasteiger partial charge < -0.3 is 14.6 Å². The van der Waals surface area contributed by atoms with Crippen molar-refractivity contribution in [2.45, 2.75) is 0 Å². The van der Waals surface area contributed by atoms with Crippen molar-refractivity contribution in [3.63, 3.8) is 0 Å². The van der Waals surface area contributed by atoms with Crippen LogP contribution < -0.4 is 29.6 Å². The fourth-order valence-corrected chi connectivity index (χ4v) is 0. The summed E-state index contributed by atoms with van der Waals surface area (Å²) in [7, 11) is 0. The van der Waals surface area contributed by atoms with Crippen LogP contribution in [-0.2, 0) is 45.4 Å². The average molecular weight is 368 g/mol. The Bertz CT molecular complexity index is 159. The van der Waals surface area contributed by atoms with Crippen molar-refractivity contribution in [1.29, 1.82) is 0 Å². The largest absolute Gasteiger partial charge is 1.00 e. The average Bonchev–Trinajstić information content (AvgIpc) is 1.76. The van der Waals surface area contributed by atoms with E-state index in [1.807, 2.05) is 0 Å². The van der Waals surface area contributed by atoms with Gasteiger partial charge in [0.25, 0.3) is 34.1 Å². The van der Waals surface area contributed by atoms with Crippen molar-refractivity contribution in [3.05, 3.63) is 0 Å². The molecule has 0 saturated heterocycles. The third-order valence-corrected chi connectivity index (χ3v) is 0. The molecule has 1 atom stereocenters. The number of rotatable bonds is 0. The minimum Gasteiger partial charge on any atom is -0.750 e. The molecule has 0 saturated carbocycles. The zero-order valence-electron chi connectivity index (χ0n) is 8.30. The van der Waals surface area contributed by atoms with Gasteiger partial charge in [-0.2, -0.15) is 12.6 Å². The Kier molecular flexibility index (Phi) is 62.7. The molecule has 0 aliphatic heterocycles. The second-order valence-corrected chi connectivity index (χ2v) is 2.73. The number of hydrogen-bond donors (Lipinski definition) is 7. The first-order valence-corrected chi connectivity index (χ1v) is 6.33. The predicted molar refractivity (Wildman–Crippen MR) is 55.4 cm³/mol. The molecular weight excluding hydrogens is 359 g/mol. The Morgan fingerprint density at radius 2 is 0.611 bits per heavy atom. The molecule has 0 aromatic heterocycles. The van der Waals surface area contributed by atoms with Crippen LogP contribution in [0.5, 0.6) is 0 Å². The van der Waals surface area contributed by atoms with Gasteiger partial charge in [0, 0.05) is 0 Å². The molecule has 0 heterocycles. The molecular formula is H9NaO13S4. The van der Waals surface area contributed by atoms with E-state index in [9.17, 15) is 0 Å². The summed E-state index contributed by atoms with van der Waals surface area (Å²) in [4.78, 5) is 0. The van der Waals surface area contributed by atoms with E-state index in [0.717, 1.165) is 0 Å². The quantitative estimate of drug-likeness (QED) is 0.156. The summed E-state index contributed by atoms with van der Waals surface area (Å²) in [6, 6.07) is 0. The molecule has 13 nitrogen and oxygen atoms in total. The van der Waals surface area contributed by atoms with Gasteiger partial charge in [0.15, 0.2) is 0 Å². The summed E-state index contributed by atoms with van der Waals surface area (Å²) >= 11 is -10.7. The molecule has 18 heteroatoms. The molecule has 0 aliphatic rings. The summed E-state index contributed by atoms with van der Waals surface area (Å²) in [6.45, 7) is 0. The van der Waals surface area contributed by atoms with Crippen molar-refractivity contribution >= 4 is 45.4 Å². The van der Waals surface area contributed by atoms with E-state index >= 15 is 0 Å². The van der Waals surface area contributed by atoms with Gasteiger partial charge in [-0.3, -0.25) is 27.3 Å². The second-order valence-electron chi connectivity index (χ2n) is 0.909. The van der Waals surface area contributed by atoms with Gasteiger partial charge in [0.2, 0.25) is 0 Å². The maximum atomic E-state index is 8.67. The van der Waals surface area contributed by atoms with Crippen LogP contribution in [0, 0.1) is 0 Å². The summed E-state index contributed by atoms with van der Waals surface area (Å²) in [5.74, 6) is 0. The van der Waals surface area contributed by atoms with Crippen LogP contribution in [0.3, 0.4) is 0 Å². The van der Waals surface area contributed by atoms with E-state index in [2.05, 4.69) is 0 Å². The molecule has 0 aromatic rings. The van der Waals surface area contributed by atoms with Crippen molar-refractivity contribution in [1.82, 2.24) is 0 Å². The molecule has 0 fully saturated rings. The second kappa shape index (κ2) is 30.9. The van der Waals surface area contributed by atoms with Gasteiger partial charge in [0.1, 0.15) is 0 Å². The van der Waals surface area contributed by atoms with Crippen molar-refractivity contribution in [3.8, 4) is 0 Å². The summed E-state index contributed by atoms with van der Waals surface area (Å²) in [5, 5.41) is 0. The predicted octanol–water partition coefficient (Wildman–Crippen LogP) is -5.44. The maximum Gasteiger partial charge on any atom is 1.00 e. The van der Waals surface area contributed by atoms with Crippen molar-refractivity contribution in [2.24, 2.45) is 0 Å². The first-order chi connectivity index (χ1) is 6.93. The third kappa shape index (κ3) is 2960. The first kappa shape index (κ1) is 36.5. The fourth-order valence-electron chi connectivity index (χ4n) is 0. The monoisotopic (exact) mass is 368 g/mol. The van der Waals surface area contributed by atoms with E-state index < -0.39 is 45.4 Å². The van der Waals surface area contributed by atoms with Crippen LogP contribution in [-0.4, -0.2) is 58.7 Å². The van der Waals surface area contributed by atoms with E-state index in [4.69, 9.17) is 53.3 Å². The Labute approximate surface area is 133 Å². The molecule has 9 N–H and O–H groups in total. The molecule has 0 aliphatic carbocycles. The van der Waals surface area contributed by atoms with Gasteiger partial charge in [-0.25, -0.2) is 4.21 Å². The maximum absolute atomic E-state index is 8.67. The van der Waals surface area contributed by atoms with Crippen LogP contribution in [0.4, 0.5) is 0 Å². The molecule has 0 bridgehead atoms.